The third-order valence-corrected chi connectivity index (χ3v) is 6.85. The number of carbonyl (C=O) groups excluding carboxylic acids is 3. The Kier molecular flexibility index (Phi) is 5.01. The summed E-state index contributed by atoms with van der Waals surface area (Å²) in [5.41, 5.74) is 0.560. The zero-order valence-corrected chi connectivity index (χ0v) is 15.6. The number of rotatable bonds is 3. The van der Waals surface area contributed by atoms with E-state index in [9.17, 15) is 22.8 Å². The first kappa shape index (κ1) is 18.8. The van der Waals surface area contributed by atoms with Crippen LogP contribution < -0.4 is 4.72 Å². The van der Waals surface area contributed by atoms with E-state index in [0.717, 1.165) is 37.7 Å². The second-order valence-corrected chi connectivity index (χ2v) is 9.25. The lowest BCUT2D eigenvalue weighted by atomic mass is 9.62. The number of amides is 1. The fraction of sp³-hybridized carbons (Fsp3) is 0.526. The van der Waals surface area contributed by atoms with E-state index in [4.69, 9.17) is 0 Å². The van der Waals surface area contributed by atoms with Crippen molar-refractivity contribution in [2.75, 3.05) is 0 Å². The molecule has 0 radical (unpaired) electrons. The highest BCUT2D eigenvalue weighted by atomic mass is 32.2. The Morgan fingerprint density at radius 3 is 2.08 bits per heavy atom. The predicted molar refractivity (Wildman–Crippen MR) is 94.8 cm³/mol. The molecular formula is C19H23NO5S. The lowest BCUT2D eigenvalue weighted by molar-refractivity contribution is -0.146. The molecule has 0 aromatic heterocycles. The largest absolute Gasteiger partial charge is 0.298 e. The van der Waals surface area contributed by atoms with Crippen molar-refractivity contribution in [3.8, 4) is 0 Å². The van der Waals surface area contributed by atoms with Gasteiger partial charge in [-0.15, -0.1) is 0 Å². The van der Waals surface area contributed by atoms with Crippen molar-refractivity contribution in [3.63, 3.8) is 0 Å². The van der Waals surface area contributed by atoms with Gasteiger partial charge in [0.1, 0.15) is 0 Å². The molecule has 1 N–H and O–H groups in total. The number of ketones is 2. The lowest BCUT2D eigenvalue weighted by Gasteiger charge is -2.40. The Labute approximate surface area is 153 Å². The van der Waals surface area contributed by atoms with E-state index in [1.807, 2.05) is 11.6 Å². The molecule has 2 fully saturated rings. The van der Waals surface area contributed by atoms with Crippen molar-refractivity contribution < 1.29 is 22.8 Å². The molecular weight excluding hydrogens is 354 g/mol. The Morgan fingerprint density at radius 1 is 1.00 bits per heavy atom. The van der Waals surface area contributed by atoms with E-state index in [2.05, 4.69) is 0 Å². The molecule has 0 atom stereocenters. The minimum atomic E-state index is -4.11. The summed E-state index contributed by atoms with van der Waals surface area (Å²) >= 11 is 0. The van der Waals surface area contributed by atoms with Crippen LogP contribution in [0.2, 0.25) is 0 Å². The summed E-state index contributed by atoms with van der Waals surface area (Å²) in [5, 5.41) is 0. The highest BCUT2D eigenvalue weighted by Gasteiger charge is 2.48. The first-order valence-corrected chi connectivity index (χ1v) is 10.4. The molecule has 1 aromatic rings. The zero-order valence-electron chi connectivity index (χ0n) is 14.8. The standard InChI is InChI=1S/C19H23NO5S/c1-13-5-7-14(8-6-13)26(24,25)20-18(23)17-15(21)11-19(12-16(17)22)9-3-2-4-10-19/h5-8,17H,2-4,9-12H2,1H3,(H,20,23). The Bertz CT molecular complexity index is 815. The van der Waals surface area contributed by atoms with Crippen LogP contribution >= 0.6 is 0 Å². The first-order valence-electron chi connectivity index (χ1n) is 8.91. The van der Waals surface area contributed by atoms with Crippen molar-refractivity contribution in [3.05, 3.63) is 29.8 Å². The van der Waals surface area contributed by atoms with Crippen molar-refractivity contribution in [1.29, 1.82) is 0 Å². The molecule has 2 aliphatic rings. The van der Waals surface area contributed by atoms with E-state index in [1.54, 1.807) is 12.1 Å². The van der Waals surface area contributed by atoms with Crippen LogP contribution in [0.25, 0.3) is 0 Å². The maximum Gasteiger partial charge on any atom is 0.264 e. The van der Waals surface area contributed by atoms with Gasteiger partial charge in [-0.05, 0) is 37.3 Å². The number of hydrogen-bond donors (Lipinski definition) is 1. The second kappa shape index (κ2) is 6.95. The second-order valence-electron chi connectivity index (χ2n) is 7.56. The highest BCUT2D eigenvalue weighted by molar-refractivity contribution is 7.90. The minimum absolute atomic E-state index is 0.0732. The molecule has 1 aromatic carbocycles. The van der Waals surface area contributed by atoms with Gasteiger partial charge in [0.05, 0.1) is 4.90 Å². The fourth-order valence-corrected chi connectivity index (χ4v) is 5.10. The third kappa shape index (κ3) is 3.72. The molecule has 1 spiro atoms. The van der Waals surface area contributed by atoms with Gasteiger partial charge in [-0.25, -0.2) is 13.1 Å². The molecule has 3 rings (SSSR count). The van der Waals surface area contributed by atoms with Gasteiger partial charge < -0.3 is 0 Å². The average Bonchev–Trinajstić information content (AvgIpc) is 2.54. The van der Waals surface area contributed by atoms with Gasteiger partial charge in [0.25, 0.3) is 15.9 Å². The highest BCUT2D eigenvalue weighted by Crippen LogP contribution is 2.46. The van der Waals surface area contributed by atoms with Crippen molar-refractivity contribution in [2.24, 2.45) is 11.3 Å². The normalized spacial score (nSPS) is 21.0. The quantitative estimate of drug-likeness (QED) is 0.815. The van der Waals surface area contributed by atoms with Gasteiger partial charge in [-0.3, -0.25) is 14.4 Å². The number of hydrogen-bond acceptors (Lipinski definition) is 5. The minimum Gasteiger partial charge on any atom is -0.298 e. The number of aryl methyl sites for hydroxylation is 1. The smallest absolute Gasteiger partial charge is 0.264 e. The van der Waals surface area contributed by atoms with Crippen LogP contribution in [0.1, 0.15) is 50.5 Å². The molecule has 0 saturated heterocycles. The lowest BCUT2D eigenvalue weighted by Crippen LogP contribution is -2.49. The summed E-state index contributed by atoms with van der Waals surface area (Å²) in [6.07, 6.45) is 5.07. The van der Waals surface area contributed by atoms with E-state index in [-0.39, 0.29) is 23.2 Å². The van der Waals surface area contributed by atoms with Gasteiger partial charge in [-0.2, -0.15) is 0 Å². The number of sulfonamides is 1. The van der Waals surface area contributed by atoms with Gasteiger partial charge in [0.15, 0.2) is 17.5 Å². The maximum atomic E-state index is 12.5. The number of Topliss-reactive ketones (excluding diaryl/α,β-unsaturated/α-hetero) is 2. The van der Waals surface area contributed by atoms with Crippen LogP contribution in [0.4, 0.5) is 0 Å². The van der Waals surface area contributed by atoms with Gasteiger partial charge in [0.2, 0.25) is 0 Å². The monoisotopic (exact) mass is 377 g/mol. The Morgan fingerprint density at radius 2 is 1.54 bits per heavy atom. The van der Waals surface area contributed by atoms with E-state index >= 15 is 0 Å². The topological polar surface area (TPSA) is 97.4 Å². The van der Waals surface area contributed by atoms with E-state index in [0.29, 0.717) is 0 Å². The summed E-state index contributed by atoms with van der Waals surface area (Å²) < 4.78 is 26.6. The average molecular weight is 377 g/mol. The number of benzene rings is 1. The number of nitrogens with one attached hydrogen (secondary N) is 1. The van der Waals surface area contributed by atoms with Crippen LogP contribution in [-0.2, 0) is 24.4 Å². The van der Waals surface area contributed by atoms with Gasteiger partial charge in [-0.1, -0.05) is 37.0 Å². The Hall–Kier alpha value is -2.02. The van der Waals surface area contributed by atoms with Crippen LogP contribution in [0.15, 0.2) is 29.2 Å². The summed E-state index contributed by atoms with van der Waals surface area (Å²) in [4.78, 5) is 37.4. The van der Waals surface area contributed by atoms with Crippen LogP contribution in [0.3, 0.4) is 0 Å². The van der Waals surface area contributed by atoms with Crippen LogP contribution in [0.5, 0.6) is 0 Å². The molecule has 0 aliphatic heterocycles. The fourth-order valence-electron chi connectivity index (χ4n) is 4.10. The molecule has 0 unspecified atom stereocenters. The zero-order chi connectivity index (χ0) is 18.9. The molecule has 0 heterocycles. The molecule has 1 amide bonds. The van der Waals surface area contributed by atoms with Gasteiger partial charge >= 0.3 is 0 Å². The summed E-state index contributed by atoms with van der Waals surface area (Å²) in [5.74, 6) is -3.46. The first-order chi connectivity index (χ1) is 12.2. The third-order valence-electron chi connectivity index (χ3n) is 5.49. The van der Waals surface area contributed by atoms with Gasteiger partial charge in [0, 0.05) is 12.8 Å². The molecule has 7 heteroatoms. The van der Waals surface area contributed by atoms with Crippen molar-refractivity contribution in [2.45, 2.75) is 56.8 Å². The summed E-state index contributed by atoms with van der Waals surface area (Å²) in [7, 11) is -4.11. The molecule has 26 heavy (non-hydrogen) atoms. The molecule has 0 bridgehead atoms. The summed E-state index contributed by atoms with van der Waals surface area (Å²) in [6, 6.07) is 5.99. The van der Waals surface area contributed by atoms with Crippen molar-refractivity contribution >= 4 is 27.5 Å². The summed E-state index contributed by atoms with van der Waals surface area (Å²) in [6.45, 7) is 1.81. The molecule has 6 nitrogen and oxygen atoms in total. The van der Waals surface area contributed by atoms with Crippen LogP contribution in [0, 0.1) is 18.3 Å². The predicted octanol–water partition coefficient (Wildman–Crippen LogP) is 2.30. The number of carbonyl (C=O) groups is 3. The van der Waals surface area contributed by atoms with Crippen molar-refractivity contribution in [1.82, 2.24) is 4.72 Å². The molecule has 2 aliphatic carbocycles. The maximum absolute atomic E-state index is 12.5. The van der Waals surface area contributed by atoms with E-state index in [1.165, 1.54) is 12.1 Å². The van der Waals surface area contributed by atoms with Crippen LogP contribution in [-0.4, -0.2) is 25.9 Å². The SMILES string of the molecule is Cc1ccc(S(=O)(=O)NC(=O)C2C(=O)CC3(CCCCC3)CC2=O)cc1. The van der Waals surface area contributed by atoms with E-state index < -0.39 is 33.4 Å². The molecule has 2 saturated carbocycles. The molecule has 140 valence electrons. The Balaban J connectivity index is 1.74.